The maximum absolute atomic E-state index is 14.8. The topological polar surface area (TPSA) is 143 Å². The van der Waals surface area contributed by atoms with Crippen molar-refractivity contribution in [3.63, 3.8) is 0 Å². The summed E-state index contributed by atoms with van der Waals surface area (Å²) in [5, 5.41) is 13.2. The fourth-order valence-corrected chi connectivity index (χ4v) is 3.35. The van der Waals surface area contributed by atoms with Gasteiger partial charge in [0.25, 0.3) is 17.4 Å². The molecule has 1 N–H and O–H groups in total. The molecule has 0 aliphatic heterocycles. The zero-order valence-electron chi connectivity index (χ0n) is 19.2. The molecule has 4 rings (SSSR count). The van der Waals surface area contributed by atoms with E-state index in [1.807, 2.05) is 0 Å². The molecule has 0 aliphatic rings. The third-order valence-electron chi connectivity index (χ3n) is 5.10. The standard InChI is InChI=1S/C24H16F2N4O7/c1-35-19-9-15-18(10-20(19)36-2)27-11-28-24(15)37-14-7-16(25)21(17(26)8-14)22(31)23(32)29-12-3-5-13(6-4-12)30(33)34/h3-11H,1-2H3,(H,29,32). The van der Waals surface area contributed by atoms with Gasteiger partial charge in [-0.05, 0) is 18.2 Å². The molecule has 0 radical (unpaired) electrons. The number of amides is 1. The second-order valence-corrected chi connectivity index (χ2v) is 7.35. The summed E-state index contributed by atoms with van der Waals surface area (Å²) in [4.78, 5) is 42.9. The molecule has 3 aromatic carbocycles. The molecule has 1 amide bonds. The molecule has 0 unspecified atom stereocenters. The predicted octanol–water partition coefficient (Wildman–Crippen LogP) is 4.45. The van der Waals surface area contributed by atoms with Crippen LogP contribution in [-0.4, -0.2) is 40.8 Å². The van der Waals surface area contributed by atoms with E-state index in [9.17, 15) is 28.5 Å². The van der Waals surface area contributed by atoms with E-state index in [4.69, 9.17) is 14.2 Å². The van der Waals surface area contributed by atoms with Crippen LogP contribution in [0, 0.1) is 21.7 Å². The first kappa shape index (κ1) is 24.9. The molecule has 4 aromatic rings. The number of ketones is 1. The van der Waals surface area contributed by atoms with Crippen molar-refractivity contribution < 1.29 is 37.5 Å². The monoisotopic (exact) mass is 510 g/mol. The summed E-state index contributed by atoms with van der Waals surface area (Å²) in [5.41, 5.74) is -0.928. The van der Waals surface area contributed by atoms with Gasteiger partial charge in [0, 0.05) is 36.0 Å². The van der Waals surface area contributed by atoms with Crippen LogP contribution in [0.1, 0.15) is 10.4 Å². The lowest BCUT2D eigenvalue weighted by atomic mass is 10.1. The Morgan fingerprint density at radius 3 is 2.16 bits per heavy atom. The van der Waals surface area contributed by atoms with Gasteiger partial charge in [0.15, 0.2) is 11.5 Å². The highest BCUT2D eigenvalue weighted by Gasteiger charge is 2.26. The summed E-state index contributed by atoms with van der Waals surface area (Å²) in [6.07, 6.45) is 1.18. The minimum absolute atomic E-state index is 0.0208. The van der Waals surface area contributed by atoms with Crippen LogP contribution < -0.4 is 19.5 Å². The number of rotatable bonds is 8. The average Bonchev–Trinajstić information content (AvgIpc) is 2.87. The first-order valence-corrected chi connectivity index (χ1v) is 10.4. The Hall–Kier alpha value is -5.20. The van der Waals surface area contributed by atoms with Crippen molar-refractivity contribution in [2.75, 3.05) is 19.5 Å². The Bertz CT molecular complexity index is 1520. The van der Waals surface area contributed by atoms with Crippen LogP contribution in [0.3, 0.4) is 0 Å². The summed E-state index contributed by atoms with van der Waals surface area (Å²) >= 11 is 0. The lowest BCUT2D eigenvalue weighted by Crippen LogP contribution is -2.25. The van der Waals surface area contributed by atoms with Crippen LogP contribution >= 0.6 is 0 Å². The first-order valence-electron chi connectivity index (χ1n) is 10.4. The number of Topliss-reactive ketones (excluding diaryl/α,β-unsaturated/α-hetero) is 1. The first-order chi connectivity index (χ1) is 17.7. The fourth-order valence-electron chi connectivity index (χ4n) is 3.35. The van der Waals surface area contributed by atoms with E-state index >= 15 is 0 Å². The second-order valence-electron chi connectivity index (χ2n) is 7.35. The van der Waals surface area contributed by atoms with Crippen LogP contribution in [-0.2, 0) is 4.79 Å². The Morgan fingerprint density at radius 2 is 1.57 bits per heavy atom. The number of ether oxygens (including phenoxy) is 3. The molecular formula is C24H16F2N4O7. The number of non-ortho nitro benzene ring substituents is 1. The van der Waals surface area contributed by atoms with E-state index in [0.29, 0.717) is 22.4 Å². The molecule has 0 spiro atoms. The van der Waals surface area contributed by atoms with Crippen molar-refractivity contribution >= 4 is 34.0 Å². The van der Waals surface area contributed by atoms with Crippen LogP contribution in [0.25, 0.3) is 10.9 Å². The van der Waals surface area contributed by atoms with Crippen molar-refractivity contribution in [1.29, 1.82) is 0 Å². The van der Waals surface area contributed by atoms with E-state index in [0.717, 1.165) is 24.3 Å². The molecule has 0 saturated carbocycles. The van der Waals surface area contributed by atoms with Gasteiger partial charge in [0.05, 0.1) is 35.6 Å². The average molecular weight is 510 g/mol. The molecular weight excluding hydrogens is 494 g/mol. The van der Waals surface area contributed by atoms with Gasteiger partial charge < -0.3 is 19.5 Å². The SMILES string of the molecule is COc1cc2ncnc(Oc3cc(F)c(C(=O)C(=O)Nc4ccc([N+](=O)[O-])cc4)c(F)c3)c2cc1OC. The largest absolute Gasteiger partial charge is 0.493 e. The van der Waals surface area contributed by atoms with Crippen molar-refractivity contribution in [2.24, 2.45) is 0 Å². The minimum Gasteiger partial charge on any atom is -0.493 e. The van der Waals surface area contributed by atoms with E-state index in [-0.39, 0.29) is 23.0 Å². The maximum Gasteiger partial charge on any atom is 0.296 e. The molecule has 11 nitrogen and oxygen atoms in total. The maximum atomic E-state index is 14.8. The molecule has 0 bridgehead atoms. The number of nitrogens with one attached hydrogen (secondary N) is 1. The Kier molecular flexibility index (Phi) is 6.86. The number of carbonyl (C=O) groups is 2. The Morgan fingerprint density at radius 1 is 0.946 bits per heavy atom. The Labute approximate surface area is 206 Å². The number of aromatic nitrogens is 2. The molecule has 37 heavy (non-hydrogen) atoms. The van der Waals surface area contributed by atoms with Gasteiger partial charge in [-0.15, -0.1) is 0 Å². The number of carbonyl (C=O) groups excluding carboxylic acids is 2. The van der Waals surface area contributed by atoms with Crippen LogP contribution in [0.15, 0.2) is 54.9 Å². The molecule has 0 atom stereocenters. The highest BCUT2D eigenvalue weighted by molar-refractivity contribution is 6.46. The summed E-state index contributed by atoms with van der Waals surface area (Å²) in [5.74, 6) is -5.20. The molecule has 1 aromatic heterocycles. The number of anilines is 1. The molecule has 0 saturated heterocycles. The number of halogens is 2. The number of nitro groups is 1. The number of benzene rings is 3. The van der Waals surface area contributed by atoms with Gasteiger partial charge in [-0.1, -0.05) is 0 Å². The number of fused-ring (bicyclic) bond motifs is 1. The van der Waals surface area contributed by atoms with E-state index < -0.39 is 33.8 Å². The smallest absolute Gasteiger partial charge is 0.296 e. The Balaban J connectivity index is 1.58. The van der Waals surface area contributed by atoms with Crippen LogP contribution in [0.5, 0.6) is 23.1 Å². The normalized spacial score (nSPS) is 10.6. The molecule has 0 fully saturated rings. The number of nitrogens with zero attached hydrogens (tertiary/aromatic N) is 3. The van der Waals surface area contributed by atoms with Gasteiger partial charge in [-0.3, -0.25) is 19.7 Å². The van der Waals surface area contributed by atoms with Gasteiger partial charge in [-0.2, -0.15) is 0 Å². The van der Waals surface area contributed by atoms with Gasteiger partial charge in [0.1, 0.15) is 23.7 Å². The molecule has 188 valence electrons. The quantitative estimate of drug-likeness (QED) is 0.157. The summed E-state index contributed by atoms with van der Waals surface area (Å²) in [6, 6.07) is 9.07. The number of nitro benzene ring substituents is 1. The van der Waals surface area contributed by atoms with Gasteiger partial charge in [0.2, 0.25) is 5.88 Å². The van der Waals surface area contributed by atoms with E-state index in [2.05, 4.69) is 15.3 Å². The van der Waals surface area contributed by atoms with Gasteiger partial charge in [-0.25, -0.2) is 18.7 Å². The summed E-state index contributed by atoms with van der Waals surface area (Å²) < 4.78 is 45.6. The predicted molar refractivity (Wildman–Crippen MR) is 125 cm³/mol. The highest BCUT2D eigenvalue weighted by Crippen LogP contribution is 2.36. The van der Waals surface area contributed by atoms with Crippen molar-refractivity contribution in [3.8, 4) is 23.1 Å². The number of hydrogen-bond donors (Lipinski definition) is 1. The van der Waals surface area contributed by atoms with E-state index in [1.165, 1.54) is 38.7 Å². The molecule has 0 aliphatic carbocycles. The lowest BCUT2D eigenvalue weighted by Gasteiger charge is -2.12. The zero-order valence-corrected chi connectivity index (χ0v) is 19.2. The second kappa shape index (κ2) is 10.2. The molecule has 13 heteroatoms. The van der Waals surface area contributed by atoms with Crippen LogP contribution in [0.4, 0.5) is 20.2 Å². The van der Waals surface area contributed by atoms with Crippen molar-refractivity contribution in [1.82, 2.24) is 9.97 Å². The van der Waals surface area contributed by atoms with Gasteiger partial charge >= 0.3 is 0 Å². The summed E-state index contributed by atoms with van der Waals surface area (Å²) in [6.45, 7) is 0. The molecule has 1 heterocycles. The van der Waals surface area contributed by atoms with Crippen molar-refractivity contribution in [3.05, 3.63) is 82.2 Å². The summed E-state index contributed by atoms with van der Waals surface area (Å²) in [7, 11) is 2.87. The minimum atomic E-state index is -1.50. The highest BCUT2D eigenvalue weighted by atomic mass is 19.1. The third kappa shape index (κ3) is 5.10. The van der Waals surface area contributed by atoms with Crippen molar-refractivity contribution in [2.45, 2.75) is 0 Å². The number of hydrogen-bond acceptors (Lipinski definition) is 9. The van der Waals surface area contributed by atoms with Crippen LogP contribution in [0.2, 0.25) is 0 Å². The lowest BCUT2D eigenvalue weighted by molar-refractivity contribution is -0.384. The number of methoxy groups -OCH3 is 2. The third-order valence-corrected chi connectivity index (χ3v) is 5.10. The zero-order chi connectivity index (χ0) is 26.7. The fraction of sp³-hybridized carbons (Fsp3) is 0.0833. The van der Waals surface area contributed by atoms with E-state index in [1.54, 1.807) is 6.07 Å².